The summed E-state index contributed by atoms with van der Waals surface area (Å²) in [5, 5.41) is 10.3. The molecule has 2 aromatic rings. The van der Waals surface area contributed by atoms with E-state index in [9.17, 15) is 4.79 Å². The Balaban J connectivity index is 1.44. The number of aromatic nitrogens is 2. The normalized spacial score (nSPS) is 15.3. The predicted molar refractivity (Wildman–Crippen MR) is 103 cm³/mol. The molecule has 6 heteroatoms. The minimum absolute atomic E-state index is 0.125. The molecule has 0 bridgehead atoms. The first-order chi connectivity index (χ1) is 12.6. The summed E-state index contributed by atoms with van der Waals surface area (Å²) in [5.74, 6) is 0. The van der Waals surface area contributed by atoms with Crippen LogP contribution in [-0.2, 0) is 33.0 Å². The van der Waals surface area contributed by atoms with E-state index in [0.717, 1.165) is 37.2 Å². The maximum absolute atomic E-state index is 12.1. The molecule has 0 aliphatic carbocycles. The smallest absolute Gasteiger partial charge is 0.315 e. The number of rotatable bonds is 6. The Hall–Kier alpha value is -2.34. The van der Waals surface area contributed by atoms with Gasteiger partial charge in [0.05, 0.1) is 5.69 Å². The number of nitrogens with one attached hydrogen (secondary N) is 2. The highest BCUT2D eigenvalue weighted by Crippen LogP contribution is 2.19. The average molecular weight is 355 g/mol. The van der Waals surface area contributed by atoms with Crippen LogP contribution in [0.1, 0.15) is 36.2 Å². The molecule has 1 aromatic carbocycles. The lowest BCUT2D eigenvalue weighted by Gasteiger charge is -2.33. The van der Waals surface area contributed by atoms with Crippen LogP contribution in [0.25, 0.3) is 0 Å². The van der Waals surface area contributed by atoms with Crippen LogP contribution >= 0.6 is 0 Å². The first-order valence-electron chi connectivity index (χ1n) is 9.40. The quantitative estimate of drug-likeness (QED) is 0.835. The van der Waals surface area contributed by atoms with Crippen molar-refractivity contribution >= 4 is 6.03 Å². The maximum atomic E-state index is 12.1. The summed E-state index contributed by atoms with van der Waals surface area (Å²) < 4.78 is 1.80. The molecule has 0 fully saturated rings. The fourth-order valence-electron chi connectivity index (χ4n) is 3.53. The summed E-state index contributed by atoms with van der Waals surface area (Å²) in [6.45, 7) is 7.39. The van der Waals surface area contributed by atoms with Crippen LogP contribution in [0, 0.1) is 0 Å². The zero-order chi connectivity index (χ0) is 18.5. The first kappa shape index (κ1) is 18.5. The van der Waals surface area contributed by atoms with Gasteiger partial charge >= 0.3 is 6.03 Å². The van der Waals surface area contributed by atoms with Gasteiger partial charge in [-0.25, -0.2) is 4.79 Å². The molecular weight excluding hydrogens is 326 g/mol. The van der Waals surface area contributed by atoms with Gasteiger partial charge in [0.1, 0.15) is 0 Å². The van der Waals surface area contributed by atoms with Crippen LogP contribution in [0.3, 0.4) is 0 Å². The van der Waals surface area contributed by atoms with Crippen LogP contribution in [0.2, 0.25) is 0 Å². The van der Waals surface area contributed by atoms with Crippen LogP contribution in [-0.4, -0.2) is 39.8 Å². The topological polar surface area (TPSA) is 62.2 Å². The van der Waals surface area contributed by atoms with Crippen LogP contribution < -0.4 is 10.6 Å². The zero-order valence-electron chi connectivity index (χ0n) is 16.0. The van der Waals surface area contributed by atoms with E-state index in [1.807, 2.05) is 13.2 Å². The van der Waals surface area contributed by atoms with Crippen molar-refractivity contribution in [3.8, 4) is 0 Å². The minimum Gasteiger partial charge on any atom is -0.337 e. The van der Waals surface area contributed by atoms with E-state index < -0.39 is 0 Å². The highest BCUT2D eigenvalue weighted by molar-refractivity contribution is 5.73. The summed E-state index contributed by atoms with van der Waals surface area (Å²) in [4.78, 5) is 14.6. The van der Waals surface area contributed by atoms with Crippen molar-refractivity contribution in [2.75, 3.05) is 13.1 Å². The predicted octanol–water partition coefficient (Wildman–Crippen LogP) is 2.23. The van der Waals surface area contributed by atoms with Gasteiger partial charge in [0.2, 0.25) is 0 Å². The molecule has 3 rings (SSSR count). The number of hydrogen-bond donors (Lipinski definition) is 2. The number of hydrogen-bond acceptors (Lipinski definition) is 3. The Kier molecular flexibility index (Phi) is 5.93. The molecule has 6 nitrogen and oxygen atoms in total. The van der Waals surface area contributed by atoms with E-state index in [1.54, 1.807) is 4.68 Å². The number of amides is 2. The highest BCUT2D eigenvalue weighted by Gasteiger charge is 2.20. The molecule has 0 saturated carbocycles. The summed E-state index contributed by atoms with van der Waals surface area (Å²) in [6, 6.07) is 8.80. The number of carbonyl (C=O) groups is 1. The number of nitrogens with zero attached hydrogens (tertiary/aromatic N) is 3. The molecule has 1 aliphatic heterocycles. The third-order valence-electron chi connectivity index (χ3n) is 5.11. The molecule has 1 aromatic heterocycles. The second kappa shape index (κ2) is 8.36. The lowest BCUT2D eigenvalue weighted by Crippen LogP contribution is -2.46. The molecular formula is C20H29N5O. The number of benzene rings is 1. The molecule has 1 unspecified atom stereocenters. The van der Waals surface area contributed by atoms with E-state index in [2.05, 4.69) is 58.7 Å². The van der Waals surface area contributed by atoms with Gasteiger partial charge in [-0.2, -0.15) is 5.10 Å². The van der Waals surface area contributed by atoms with Crippen LogP contribution in [0.5, 0.6) is 0 Å². The van der Waals surface area contributed by atoms with Gasteiger partial charge in [0.15, 0.2) is 0 Å². The minimum atomic E-state index is -0.125. The van der Waals surface area contributed by atoms with Crippen molar-refractivity contribution in [1.82, 2.24) is 25.3 Å². The van der Waals surface area contributed by atoms with Gasteiger partial charge in [-0.3, -0.25) is 9.58 Å². The SMILES string of the molecule is CCc1nn(C)cc1CNC(=O)NCC(C)N1CCc2ccccc2C1. The Bertz CT molecular complexity index is 754. The molecule has 26 heavy (non-hydrogen) atoms. The molecule has 1 atom stereocenters. The fraction of sp³-hybridized carbons (Fsp3) is 0.500. The first-order valence-corrected chi connectivity index (χ1v) is 9.40. The Morgan fingerprint density at radius 1 is 1.27 bits per heavy atom. The largest absolute Gasteiger partial charge is 0.337 e. The Morgan fingerprint density at radius 2 is 2.04 bits per heavy atom. The molecule has 2 heterocycles. The van der Waals surface area contributed by atoms with Crippen LogP contribution in [0.15, 0.2) is 30.5 Å². The van der Waals surface area contributed by atoms with E-state index in [1.165, 1.54) is 11.1 Å². The number of aryl methyl sites for hydroxylation is 2. The highest BCUT2D eigenvalue weighted by atomic mass is 16.2. The summed E-state index contributed by atoms with van der Waals surface area (Å²) >= 11 is 0. The van der Waals surface area contributed by atoms with Crippen molar-refractivity contribution in [2.45, 2.75) is 45.8 Å². The van der Waals surface area contributed by atoms with Gasteiger partial charge in [-0.05, 0) is 30.9 Å². The fourth-order valence-corrected chi connectivity index (χ4v) is 3.53. The standard InChI is InChI=1S/C20H29N5O/c1-4-19-18(13-24(3)23-19)12-22-20(26)21-11-15(2)25-10-9-16-7-5-6-8-17(16)14-25/h5-8,13,15H,4,9-12,14H2,1-3H3,(H2,21,22,26). The Labute approximate surface area is 155 Å². The molecule has 2 N–H and O–H groups in total. The maximum Gasteiger partial charge on any atom is 0.315 e. The number of carbonyl (C=O) groups excluding carboxylic acids is 1. The van der Waals surface area contributed by atoms with E-state index in [4.69, 9.17) is 0 Å². The average Bonchev–Trinajstić information content (AvgIpc) is 3.03. The molecule has 140 valence electrons. The second-order valence-corrected chi connectivity index (χ2v) is 7.03. The summed E-state index contributed by atoms with van der Waals surface area (Å²) in [5.41, 5.74) is 4.96. The van der Waals surface area contributed by atoms with E-state index >= 15 is 0 Å². The number of fused-ring (bicyclic) bond motifs is 1. The molecule has 0 spiro atoms. The van der Waals surface area contributed by atoms with Crippen molar-refractivity contribution in [1.29, 1.82) is 0 Å². The monoisotopic (exact) mass is 355 g/mol. The van der Waals surface area contributed by atoms with Crippen LogP contribution in [0.4, 0.5) is 4.79 Å². The van der Waals surface area contributed by atoms with Gasteiger partial charge < -0.3 is 10.6 Å². The van der Waals surface area contributed by atoms with Gasteiger partial charge in [-0.15, -0.1) is 0 Å². The van der Waals surface area contributed by atoms with Gasteiger partial charge in [0, 0.05) is 51.0 Å². The van der Waals surface area contributed by atoms with Crippen molar-refractivity contribution in [3.05, 3.63) is 52.8 Å². The van der Waals surface area contributed by atoms with Crippen molar-refractivity contribution in [2.24, 2.45) is 7.05 Å². The second-order valence-electron chi connectivity index (χ2n) is 7.03. The lowest BCUT2D eigenvalue weighted by atomic mass is 9.99. The third kappa shape index (κ3) is 4.43. The zero-order valence-corrected chi connectivity index (χ0v) is 16.0. The summed E-state index contributed by atoms with van der Waals surface area (Å²) in [6.07, 6.45) is 3.91. The van der Waals surface area contributed by atoms with Crippen molar-refractivity contribution in [3.63, 3.8) is 0 Å². The van der Waals surface area contributed by atoms with E-state index in [-0.39, 0.29) is 6.03 Å². The van der Waals surface area contributed by atoms with E-state index in [0.29, 0.717) is 19.1 Å². The lowest BCUT2D eigenvalue weighted by molar-refractivity contribution is 0.185. The number of urea groups is 1. The molecule has 2 amide bonds. The third-order valence-corrected chi connectivity index (χ3v) is 5.11. The Morgan fingerprint density at radius 3 is 2.81 bits per heavy atom. The van der Waals surface area contributed by atoms with Gasteiger partial charge in [0.25, 0.3) is 0 Å². The van der Waals surface area contributed by atoms with Gasteiger partial charge in [-0.1, -0.05) is 31.2 Å². The molecule has 0 saturated heterocycles. The molecule has 1 aliphatic rings. The van der Waals surface area contributed by atoms with Crippen molar-refractivity contribution < 1.29 is 4.79 Å². The summed E-state index contributed by atoms with van der Waals surface area (Å²) in [7, 11) is 1.90. The molecule has 0 radical (unpaired) electrons.